The first kappa shape index (κ1) is 17.5. The number of carbonyl (C=O) groups excluding carboxylic acids is 1. The highest BCUT2D eigenvalue weighted by Crippen LogP contribution is 2.28. The molecule has 124 valence electrons. The van der Waals surface area contributed by atoms with Crippen LogP contribution in [0.2, 0.25) is 0 Å². The lowest BCUT2D eigenvalue weighted by molar-refractivity contribution is -0.384. The molecule has 0 spiro atoms. The molecule has 0 aliphatic heterocycles. The van der Waals surface area contributed by atoms with Crippen molar-refractivity contribution in [1.82, 2.24) is 5.32 Å². The first-order chi connectivity index (χ1) is 11.5. The van der Waals surface area contributed by atoms with Gasteiger partial charge in [-0.2, -0.15) is 0 Å². The van der Waals surface area contributed by atoms with E-state index < -0.39 is 11.0 Å². The fourth-order valence-corrected chi connectivity index (χ4v) is 2.30. The number of hydrogen-bond acceptors (Lipinski definition) is 4. The largest absolute Gasteiger partial charge is 0.494 e. The van der Waals surface area contributed by atoms with Gasteiger partial charge in [0.15, 0.2) is 0 Å². The number of amides is 2. The first-order valence-corrected chi connectivity index (χ1v) is 7.61. The van der Waals surface area contributed by atoms with Gasteiger partial charge in [-0.25, -0.2) is 4.79 Å². The molecule has 0 aliphatic rings. The van der Waals surface area contributed by atoms with Gasteiger partial charge in [-0.05, 0) is 29.8 Å². The van der Waals surface area contributed by atoms with Crippen LogP contribution in [0.25, 0.3) is 6.08 Å². The number of anilines is 1. The Morgan fingerprint density at radius 1 is 1.29 bits per heavy atom. The zero-order valence-electron chi connectivity index (χ0n) is 12.7. The van der Waals surface area contributed by atoms with Gasteiger partial charge in [-0.15, -0.1) is 0 Å². The normalized spacial score (nSPS) is 10.4. The Bertz CT molecular complexity index is 793. The van der Waals surface area contributed by atoms with Gasteiger partial charge in [-0.3, -0.25) is 10.1 Å². The number of nitrogens with zero attached hydrogens (tertiary/aromatic N) is 1. The fraction of sp³-hybridized carbons (Fsp3) is 0.0625. The maximum Gasteiger partial charge on any atom is 0.323 e. The van der Waals surface area contributed by atoms with Crippen LogP contribution in [0.4, 0.5) is 16.2 Å². The van der Waals surface area contributed by atoms with E-state index in [-0.39, 0.29) is 11.4 Å². The zero-order chi connectivity index (χ0) is 17.5. The van der Waals surface area contributed by atoms with Crippen molar-refractivity contribution in [1.29, 1.82) is 0 Å². The summed E-state index contributed by atoms with van der Waals surface area (Å²) in [6, 6.07) is 11.0. The maximum atomic E-state index is 11.9. The molecule has 0 unspecified atom stereocenters. The molecule has 0 aliphatic carbocycles. The third kappa shape index (κ3) is 4.82. The Morgan fingerprint density at radius 2 is 2.08 bits per heavy atom. The van der Waals surface area contributed by atoms with Crippen molar-refractivity contribution in [2.24, 2.45) is 0 Å². The van der Waals surface area contributed by atoms with E-state index in [1.807, 2.05) is 24.3 Å². The van der Waals surface area contributed by atoms with Crippen LogP contribution in [0.1, 0.15) is 5.56 Å². The van der Waals surface area contributed by atoms with E-state index in [1.165, 1.54) is 31.5 Å². The van der Waals surface area contributed by atoms with Crippen molar-refractivity contribution in [3.05, 3.63) is 68.8 Å². The van der Waals surface area contributed by atoms with Gasteiger partial charge in [0.2, 0.25) is 0 Å². The van der Waals surface area contributed by atoms with E-state index in [2.05, 4.69) is 26.6 Å². The SMILES string of the molecule is COc1cc([N+](=O)[O-])ccc1NC(=O)N/C=C/c1cccc(Br)c1. The van der Waals surface area contributed by atoms with Crippen molar-refractivity contribution < 1.29 is 14.5 Å². The fourth-order valence-electron chi connectivity index (χ4n) is 1.88. The molecule has 0 aromatic heterocycles. The molecule has 0 fully saturated rings. The van der Waals surface area contributed by atoms with E-state index in [1.54, 1.807) is 6.08 Å². The summed E-state index contributed by atoms with van der Waals surface area (Å²) >= 11 is 3.36. The molecule has 0 heterocycles. The predicted octanol–water partition coefficient (Wildman–Crippen LogP) is 4.16. The lowest BCUT2D eigenvalue weighted by Crippen LogP contribution is -2.24. The summed E-state index contributed by atoms with van der Waals surface area (Å²) in [5.41, 5.74) is 1.13. The first-order valence-electron chi connectivity index (χ1n) is 6.81. The molecule has 2 rings (SSSR count). The van der Waals surface area contributed by atoms with Gasteiger partial charge >= 0.3 is 6.03 Å². The van der Waals surface area contributed by atoms with Gasteiger partial charge in [0.25, 0.3) is 5.69 Å². The molecule has 2 aromatic rings. The number of ether oxygens (including phenoxy) is 1. The molecule has 2 amide bonds. The Labute approximate surface area is 146 Å². The second-order valence-corrected chi connectivity index (χ2v) is 5.54. The number of carbonyl (C=O) groups is 1. The van der Waals surface area contributed by atoms with Gasteiger partial charge in [0.1, 0.15) is 5.75 Å². The number of hydrogen-bond donors (Lipinski definition) is 2. The highest BCUT2D eigenvalue weighted by Gasteiger charge is 2.12. The molecular formula is C16H14BrN3O4. The van der Waals surface area contributed by atoms with Crippen molar-refractivity contribution >= 4 is 39.4 Å². The highest BCUT2D eigenvalue weighted by molar-refractivity contribution is 9.10. The van der Waals surface area contributed by atoms with Crippen molar-refractivity contribution in [2.45, 2.75) is 0 Å². The van der Waals surface area contributed by atoms with Crippen LogP contribution >= 0.6 is 15.9 Å². The molecule has 2 aromatic carbocycles. The summed E-state index contributed by atoms with van der Waals surface area (Å²) < 4.78 is 5.99. The summed E-state index contributed by atoms with van der Waals surface area (Å²) in [4.78, 5) is 22.1. The third-order valence-corrected chi connectivity index (χ3v) is 3.48. The molecule has 7 nitrogen and oxygen atoms in total. The smallest absolute Gasteiger partial charge is 0.323 e. The number of nitro groups is 1. The molecule has 24 heavy (non-hydrogen) atoms. The number of nitrogens with one attached hydrogen (secondary N) is 2. The Kier molecular flexibility index (Phi) is 5.91. The third-order valence-electron chi connectivity index (χ3n) is 2.98. The monoisotopic (exact) mass is 391 g/mol. The van der Waals surface area contributed by atoms with Crippen molar-refractivity contribution in [3.8, 4) is 5.75 Å². The van der Waals surface area contributed by atoms with E-state index in [0.29, 0.717) is 5.69 Å². The van der Waals surface area contributed by atoms with Crippen molar-refractivity contribution in [3.63, 3.8) is 0 Å². The lowest BCUT2D eigenvalue weighted by Gasteiger charge is -2.09. The molecule has 8 heteroatoms. The summed E-state index contributed by atoms with van der Waals surface area (Å²) in [5.74, 6) is 0.204. The predicted molar refractivity (Wildman–Crippen MR) is 95.0 cm³/mol. The standard InChI is InChI=1S/C16H14BrN3O4/c1-24-15-10-13(20(22)23)5-6-14(15)19-16(21)18-8-7-11-3-2-4-12(17)9-11/h2-10H,1H3,(H2,18,19,21)/b8-7+. The number of non-ortho nitro benzene ring substituents is 1. The number of nitro benzene ring substituents is 1. The molecule has 0 atom stereocenters. The van der Waals surface area contributed by atoms with Crippen LogP contribution in [-0.4, -0.2) is 18.1 Å². The molecule has 2 N–H and O–H groups in total. The second kappa shape index (κ2) is 8.11. The molecule has 0 saturated heterocycles. The number of benzene rings is 2. The molecule has 0 saturated carbocycles. The Hall–Kier alpha value is -2.87. The van der Waals surface area contributed by atoms with E-state index in [0.717, 1.165) is 10.0 Å². The number of halogens is 1. The van der Waals surface area contributed by atoms with Crippen LogP contribution in [0.3, 0.4) is 0 Å². The molecule has 0 bridgehead atoms. The quantitative estimate of drug-likeness (QED) is 0.590. The van der Waals surface area contributed by atoms with Crippen LogP contribution in [-0.2, 0) is 0 Å². The van der Waals surface area contributed by atoms with Crippen LogP contribution in [0.15, 0.2) is 53.1 Å². The minimum Gasteiger partial charge on any atom is -0.494 e. The number of urea groups is 1. The van der Waals surface area contributed by atoms with Crippen LogP contribution in [0, 0.1) is 10.1 Å². The lowest BCUT2D eigenvalue weighted by atomic mass is 10.2. The average molecular weight is 392 g/mol. The average Bonchev–Trinajstić information content (AvgIpc) is 2.55. The molecule has 0 radical (unpaired) electrons. The summed E-state index contributed by atoms with van der Waals surface area (Å²) in [7, 11) is 1.37. The topological polar surface area (TPSA) is 93.5 Å². The Balaban J connectivity index is 2.00. The summed E-state index contributed by atoms with van der Waals surface area (Å²) in [6.45, 7) is 0. The van der Waals surface area contributed by atoms with Gasteiger partial charge < -0.3 is 15.4 Å². The minimum absolute atomic E-state index is 0.118. The van der Waals surface area contributed by atoms with Gasteiger partial charge in [0.05, 0.1) is 23.8 Å². The van der Waals surface area contributed by atoms with E-state index >= 15 is 0 Å². The van der Waals surface area contributed by atoms with Crippen molar-refractivity contribution in [2.75, 3.05) is 12.4 Å². The van der Waals surface area contributed by atoms with E-state index in [9.17, 15) is 14.9 Å². The minimum atomic E-state index is -0.535. The zero-order valence-corrected chi connectivity index (χ0v) is 14.2. The maximum absolute atomic E-state index is 11.9. The van der Waals surface area contributed by atoms with Gasteiger partial charge in [-0.1, -0.05) is 28.1 Å². The van der Waals surface area contributed by atoms with Gasteiger partial charge in [0, 0.05) is 16.7 Å². The Morgan fingerprint density at radius 3 is 2.75 bits per heavy atom. The number of rotatable bonds is 5. The van der Waals surface area contributed by atoms with Crippen LogP contribution < -0.4 is 15.4 Å². The second-order valence-electron chi connectivity index (χ2n) is 4.63. The highest BCUT2D eigenvalue weighted by atomic mass is 79.9. The molecular weight excluding hydrogens is 378 g/mol. The van der Waals surface area contributed by atoms with Crippen LogP contribution in [0.5, 0.6) is 5.75 Å². The van der Waals surface area contributed by atoms with E-state index in [4.69, 9.17) is 4.74 Å². The summed E-state index contributed by atoms with van der Waals surface area (Å²) in [5, 5.41) is 15.9. The number of methoxy groups -OCH3 is 1. The summed E-state index contributed by atoms with van der Waals surface area (Å²) in [6.07, 6.45) is 3.23.